The molecule has 0 radical (unpaired) electrons. The highest BCUT2D eigenvalue weighted by Crippen LogP contribution is 2.43. The number of Topliss-reactive ketones (excluding diaryl/α,β-unsaturated/α-hetero) is 2. The number of nitrogens with two attached hydrogens (primary N) is 1. The number of benzene rings is 1. The SMILES string of the molecule is CCOC(=O)c1c(N)sc2c1C(=O)C(=O)c1ccccc1-2. The summed E-state index contributed by atoms with van der Waals surface area (Å²) in [6.45, 7) is 1.83. The van der Waals surface area contributed by atoms with Crippen molar-refractivity contribution in [1.29, 1.82) is 0 Å². The van der Waals surface area contributed by atoms with Crippen LogP contribution in [-0.4, -0.2) is 24.1 Å². The van der Waals surface area contributed by atoms with E-state index in [0.717, 1.165) is 11.3 Å². The topological polar surface area (TPSA) is 86.5 Å². The summed E-state index contributed by atoms with van der Waals surface area (Å²) < 4.78 is 4.93. The van der Waals surface area contributed by atoms with Crippen LogP contribution < -0.4 is 5.73 Å². The summed E-state index contributed by atoms with van der Waals surface area (Å²) in [5.41, 5.74) is 6.91. The van der Waals surface area contributed by atoms with Gasteiger partial charge in [-0.1, -0.05) is 24.3 Å². The van der Waals surface area contributed by atoms with E-state index in [4.69, 9.17) is 10.5 Å². The van der Waals surface area contributed by atoms with Gasteiger partial charge in [0.25, 0.3) is 0 Å². The molecule has 1 aromatic heterocycles. The molecule has 0 amide bonds. The minimum atomic E-state index is -0.709. The van der Waals surface area contributed by atoms with Crippen LogP contribution in [0.15, 0.2) is 24.3 Å². The Hall–Kier alpha value is -2.47. The molecule has 1 aromatic carbocycles. The van der Waals surface area contributed by atoms with Crippen molar-refractivity contribution in [3.8, 4) is 10.4 Å². The fraction of sp³-hybridized carbons (Fsp3) is 0.133. The van der Waals surface area contributed by atoms with Gasteiger partial charge in [-0.3, -0.25) is 9.59 Å². The van der Waals surface area contributed by atoms with Crippen molar-refractivity contribution in [1.82, 2.24) is 0 Å². The van der Waals surface area contributed by atoms with Crippen molar-refractivity contribution < 1.29 is 19.1 Å². The second-order valence-electron chi connectivity index (χ2n) is 4.47. The molecule has 0 unspecified atom stereocenters. The smallest absolute Gasteiger partial charge is 0.341 e. The van der Waals surface area contributed by atoms with Crippen LogP contribution in [0, 0.1) is 0 Å². The molecule has 1 heterocycles. The van der Waals surface area contributed by atoms with Gasteiger partial charge in [-0.2, -0.15) is 0 Å². The molecule has 0 bridgehead atoms. The maximum absolute atomic E-state index is 12.3. The van der Waals surface area contributed by atoms with Gasteiger partial charge in [-0.25, -0.2) is 4.79 Å². The van der Waals surface area contributed by atoms with Crippen LogP contribution in [0.25, 0.3) is 10.4 Å². The molecule has 21 heavy (non-hydrogen) atoms. The lowest BCUT2D eigenvalue weighted by Crippen LogP contribution is -2.23. The molecule has 0 aliphatic heterocycles. The Kier molecular flexibility index (Phi) is 3.10. The van der Waals surface area contributed by atoms with Crippen LogP contribution in [0.2, 0.25) is 0 Å². The lowest BCUT2D eigenvalue weighted by atomic mass is 9.87. The summed E-state index contributed by atoms with van der Waals surface area (Å²) in [5.74, 6) is -2.01. The molecule has 2 N–H and O–H groups in total. The Morgan fingerprint density at radius 3 is 2.52 bits per heavy atom. The molecule has 1 aliphatic rings. The third-order valence-corrected chi connectivity index (χ3v) is 4.32. The number of anilines is 1. The summed E-state index contributed by atoms with van der Waals surface area (Å²) in [7, 11) is 0. The summed E-state index contributed by atoms with van der Waals surface area (Å²) in [6, 6.07) is 6.80. The van der Waals surface area contributed by atoms with Gasteiger partial charge in [0.15, 0.2) is 0 Å². The zero-order chi connectivity index (χ0) is 15.1. The first kappa shape index (κ1) is 13.5. The monoisotopic (exact) mass is 301 g/mol. The first-order valence-electron chi connectivity index (χ1n) is 6.34. The first-order chi connectivity index (χ1) is 10.1. The minimum Gasteiger partial charge on any atom is -0.462 e. The van der Waals surface area contributed by atoms with Gasteiger partial charge in [0.2, 0.25) is 11.6 Å². The van der Waals surface area contributed by atoms with Crippen LogP contribution in [0.4, 0.5) is 5.00 Å². The highest BCUT2D eigenvalue weighted by Gasteiger charge is 2.37. The van der Waals surface area contributed by atoms with Crippen molar-refractivity contribution in [2.45, 2.75) is 6.92 Å². The van der Waals surface area contributed by atoms with Gasteiger partial charge in [0.05, 0.1) is 12.2 Å². The number of ketones is 2. The van der Waals surface area contributed by atoms with E-state index in [1.807, 2.05) is 0 Å². The molecule has 5 nitrogen and oxygen atoms in total. The van der Waals surface area contributed by atoms with Crippen LogP contribution >= 0.6 is 11.3 Å². The average molecular weight is 301 g/mol. The molecule has 106 valence electrons. The number of thiophene rings is 1. The quantitative estimate of drug-likeness (QED) is 0.680. The van der Waals surface area contributed by atoms with E-state index in [1.165, 1.54) is 0 Å². The standard InChI is InChI=1S/C15H11NO4S/c1-2-20-15(19)10-9-12(18)11(17)7-5-3-4-6-8(7)13(9)21-14(10)16/h3-6H,2,16H2,1H3. The number of hydrogen-bond donors (Lipinski definition) is 1. The van der Waals surface area contributed by atoms with Crippen molar-refractivity contribution >= 4 is 33.9 Å². The summed E-state index contributed by atoms with van der Waals surface area (Å²) in [6.07, 6.45) is 0. The Bertz CT molecular complexity index is 791. The van der Waals surface area contributed by atoms with E-state index in [0.29, 0.717) is 16.0 Å². The van der Waals surface area contributed by atoms with Crippen LogP contribution in [-0.2, 0) is 4.74 Å². The summed E-state index contributed by atoms with van der Waals surface area (Å²) in [4.78, 5) is 37.1. The molecule has 0 atom stereocenters. The number of esters is 1. The Morgan fingerprint density at radius 2 is 1.86 bits per heavy atom. The molecule has 3 rings (SSSR count). The number of ether oxygens (including phenoxy) is 1. The molecule has 0 saturated carbocycles. The first-order valence-corrected chi connectivity index (χ1v) is 7.15. The van der Waals surface area contributed by atoms with Crippen LogP contribution in [0.5, 0.6) is 0 Å². The normalized spacial score (nSPS) is 12.8. The molecule has 0 fully saturated rings. The van der Waals surface area contributed by atoms with Crippen molar-refractivity contribution in [3.63, 3.8) is 0 Å². The number of hydrogen-bond acceptors (Lipinski definition) is 6. The summed E-state index contributed by atoms with van der Waals surface area (Å²) in [5, 5.41) is 0.191. The third-order valence-electron chi connectivity index (χ3n) is 3.26. The zero-order valence-electron chi connectivity index (χ0n) is 11.1. The number of rotatable bonds is 2. The molecule has 6 heteroatoms. The van der Waals surface area contributed by atoms with E-state index in [-0.39, 0.29) is 22.7 Å². The van der Waals surface area contributed by atoms with Gasteiger partial charge in [0.1, 0.15) is 10.6 Å². The Labute approximate surface area is 124 Å². The lowest BCUT2D eigenvalue weighted by molar-refractivity contribution is 0.0525. The van der Waals surface area contributed by atoms with Gasteiger partial charge in [-0.05, 0) is 6.92 Å². The van der Waals surface area contributed by atoms with Crippen molar-refractivity contribution in [2.24, 2.45) is 0 Å². The number of carbonyl (C=O) groups excluding carboxylic acids is 3. The second-order valence-corrected chi connectivity index (χ2v) is 5.52. The van der Waals surface area contributed by atoms with E-state index >= 15 is 0 Å². The predicted octanol–water partition coefficient (Wildman–Crippen LogP) is 2.55. The maximum atomic E-state index is 12.3. The molecule has 0 spiro atoms. The minimum absolute atomic E-state index is 0.00435. The average Bonchev–Trinajstić information content (AvgIpc) is 2.83. The van der Waals surface area contributed by atoms with Crippen LogP contribution in [0.3, 0.4) is 0 Å². The predicted molar refractivity (Wildman–Crippen MR) is 78.8 cm³/mol. The number of fused-ring (bicyclic) bond motifs is 3. The van der Waals surface area contributed by atoms with Gasteiger partial charge in [-0.15, -0.1) is 11.3 Å². The molecule has 1 aliphatic carbocycles. The van der Waals surface area contributed by atoms with Crippen LogP contribution in [0.1, 0.15) is 38.0 Å². The Balaban J connectivity index is 2.30. The van der Waals surface area contributed by atoms with E-state index in [1.54, 1.807) is 31.2 Å². The van der Waals surface area contributed by atoms with Gasteiger partial charge in [0, 0.05) is 16.0 Å². The largest absolute Gasteiger partial charge is 0.462 e. The van der Waals surface area contributed by atoms with Gasteiger partial charge < -0.3 is 10.5 Å². The zero-order valence-corrected chi connectivity index (χ0v) is 12.0. The van der Waals surface area contributed by atoms with E-state index in [2.05, 4.69) is 0 Å². The fourth-order valence-corrected chi connectivity index (χ4v) is 3.47. The Morgan fingerprint density at radius 1 is 1.19 bits per heavy atom. The van der Waals surface area contributed by atoms with Crippen molar-refractivity contribution in [2.75, 3.05) is 12.3 Å². The third kappa shape index (κ3) is 1.87. The summed E-state index contributed by atoms with van der Waals surface area (Å²) >= 11 is 1.12. The maximum Gasteiger partial charge on any atom is 0.341 e. The molecule has 0 saturated heterocycles. The molecular weight excluding hydrogens is 290 g/mol. The molecule has 2 aromatic rings. The van der Waals surface area contributed by atoms with E-state index < -0.39 is 17.5 Å². The fourth-order valence-electron chi connectivity index (χ4n) is 2.38. The highest BCUT2D eigenvalue weighted by molar-refractivity contribution is 7.20. The van der Waals surface area contributed by atoms with Gasteiger partial charge >= 0.3 is 5.97 Å². The second kappa shape index (κ2) is 4.82. The highest BCUT2D eigenvalue weighted by atomic mass is 32.1. The van der Waals surface area contributed by atoms with Crippen molar-refractivity contribution in [3.05, 3.63) is 41.0 Å². The lowest BCUT2D eigenvalue weighted by Gasteiger charge is -2.14. The van der Waals surface area contributed by atoms with E-state index in [9.17, 15) is 14.4 Å². The molecular formula is C15H11NO4S. The number of nitrogen functional groups attached to an aromatic ring is 1. The number of carbonyl (C=O) groups is 3.